The zero-order valence-electron chi connectivity index (χ0n) is 15.1. The van der Waals surface area contributed by atoms with E-state index in [1.165, 1.54) is 37.5 Å². The maximum atomic E-state index is 12.2. The number of amides is 1. The number of carbonyl (C=O) groups excluding carboxylic acids is 1. The van der Waals surface area contributed by atoms with E-state index in [1.54, 1.807) is 12.1 Å². The fourth-order valence-electron chi connectivity index (χ4n) is 2.91. The van der Waals surface area contributed by atoms with Crippen molar-refractivity contribution in [3.8, 4) is 0 Å². The molecule has 1 saturated carbocycles. The quantitative estimate of drug-likeness (QED) is 0.483. The highest BCUT2D eigenvalue weighted by Crippen LogP contribution is 2.20. The van der Waals surface area contributed by atoms with E-state index in [2.05, 4.69) is 16.6 Å². The zero-order chi connectivity index (χ0) is 18.8. The number of carbonyl (C=O) groups is 1. The zero-order valence-corrected chi connectivity index (χ0v) is 15.9. The molecule has 1 aliphatic carbocycles. The van der Waals surface area contributed by atoms with Gasteiger partial charge in [-0.15, -0.1) is 6.58 Å². The molecule has 2 N–H and O–H groups in total. The summed E-state index contributed by atoms with van der Waals surface area (Å²) in [5, 5.41) is 2.81. The summed E-state index contributed by atoms with van der Waals surface area (Å²) >= 11 is 0. The summed E-state index contributed by atoms with van der Waals surface area (Å²) in [6.07, 6.45) is 8.61. The molecule has 1 aromatic carbocycles. The van der Waals surface area contributed by atoms with Crippen molar-refractivity contribution in [2.75, 3.05) is 19.7 Å². The first-order chi connectivity index (χ1) is 12.5. The van der Waals surface area contributed by atoms with Gasteiger partial charge in [0, 0.05) is 25.3 Å². The molecule has 0 aliphatic heterocycles. The Hall–Kier alpha value is -1.70. The highest BCUT2D eigenvalue weighted by atomic mass is 32.2. The molecule has 1 amide bonds. The molecule has 2 rings (SSSR count). The maximum absolute atomic E-state index is 12.2. The molecule has 0 radical (unpaired) electrons. The smallest absolute Gasteiger partial charge is 0.251 e. The Bertz CT molecular complexity index is 697. The van der Waals surface area contributed by atoms with Crippen molar-refractivity contribution in [3.63, 3.8) is 0 Å². The van der Waals surface area contributed by atoms with Crippen LogP contribution in [0.5, 0.6) is 0 Å². The molecule has 0 atom stereocenters. The summed E-state index contributed by atoms with van der Waals surface area (Å²) in [6, 6.07) is 5.99. The van der Waals surface area contributed by atoms with E-state index in [-0.39, 0.29) is 17.3 Å². The van der Waals surface area contributed by atoms with Gasteiger partial charge in [0.2, 0.25) is 10.0 Å². The van der Waals surface area contributed by atoms with Crippen LogP contribution in [-0.2, 0) is 14.8 Å². The first-order valence-corrected chi connectivity index (χ1v) is 10.6. The van der Waals surface area contributed by atoms with E-state index in [0.29, 0.717) is 24.8 Å². The van der Waals surface area contributed by atoms with Gasteiger partial charge in [-0.3, -0.25) is 4.79 Å². The summed E-state index contributed by atoms with van der Waals surface area (Å²) in [6.45, 7) is 4.75. The Balaban J connectivity index is 1.78. The highest BCUT2D eigenvalue weighted by molar-refractivity contribution is 7.89. The molecule has 0 aromatic heterocycles. The van der Waals surface area contributed by atoms with Crippen LogP contribution in [0.3, 0.4) is 0 Å². The normalized spacial score (nSPS) is 15.5. The van der Waals surface area contributed by atoms with Crippen molar-refractivity contribution < 1.29 is 17.9 Å². The monoisotopic (exact) mass is 380 g/mol. The molecule has 6 nitrogen and oxygen atoms in total. The summed E-state index contributed by atoms with van der Waals surface area (Å²) in [7, 11) is -3.64. The van der Waals surface area contributed by atoms with Gasteiger partial charge in [0.15, 0.2) is 0 Å². The minimum atomic E-state index is -3.64. The van der Waals surface area contributed by atoms with E-state index >= 15 is 0 Å². The van der Waals surface area contributed by atoms with E-state index in [4.69, 9.17) is 4.74 Å². The summed E-state index contributed by atoms with van der Waals surface area (Å²) in [4.78, 5) is 12.3. The van der Waals surface area contributed by atoms with Crippen molar-refractivity contribution in [2.45, 2.75) is 49.5 Å². The lowest BCUT2D eigenvalue weighted by molar-refractivity contribution is 0.0273. The predicted molar refractivity (Wildman–Crippen MR) is 102 cm³/mol. The van der Waals surface area contributed by atoms with Crippen LogP contribution in [0.15, 0.2) is 41.8 Å². The van der Waals surface area contributed by atoms with Gasteiger partial charge in [-0.2, -0.15) is 0 Å². The number of hydrogen-bond donors (Lipinski definition) is 2. The van der Waals surface area contributed by atoms with Gasteiger partial charge in [0.1, 0.15) is 0 Å². The van der Waals surface area contributed by atoms with E-state index < -0.39 is 10.0 Å². The average molecular weight is 381 g/mol. The predicted octanol–water partition coefficient (Wildman–Crippen LogP) is 2.62. The molecular formula is C19H28N2O4S. The van der Waals surface area contributed by atoms with Gasteiger partial charge in [0.05, 0.1) is 11.0 Å². The van der Waals surface area contributed by atoms with E-state index in [1.807, 2.05) is 0 Å². The van der Waals surface area contributed by atoms with Gasteiger partial charge in [-0.25, -0.2) is 13.1 Å². The Labute approximate surface area is 156 Å². The molecular weight excluding hydrogens is 352 g/mol. The van der Waals surface area contributed by atoms with Crippen molar-refractivity contribution in [3.05, 3.63) is 42.5 Å². The fraction of sp³-hybridized carbons (Fsp3) is 0.526. The number of sulfonamides is 1. The minimum absolute atomic E-state index is 0.0626. The van der Waals surface area contributed by atoms with Crippen molar-refractivity contribution in [1.29, 1.82) is 0 Å². The van der Waals surface area contributed by atoms with Crippen LogP contribution in [0.4, 0.5) is 0 Å². The standard InChI is InChI=1S/C19H28N2O4S/c1-2-12-21-26(23,24)18-11-6-8-16(15-18)19(22)20-13-7-14-25-17-9-4-3-5-10-17/h2,6,8,11,15,17,21H,1,3-5,7,9-10,12-14H2,(H,20,22). The van der Waals surface area contributed by atoms with Crippen LogP contribution in [0.2, 0.25) is 0 Å². The fourth-order valence-corrected chi connectivity index (χ4v) is 3.96. The Morgan fingerprint density at radius 3 is 2.77 bits per heavy atom. The van der Waals surface area contributed by atoms with Crippen LogP contribution >= 0.6 is 0 Å². The molecule has 26 heavy (non-hydrogen) atoms. The lowest BCUT2D eigenvalue weighted by atomic mass is 9.98. The highest BCUT2D eigenvalue weighted by Gasteiger charge is 2.16. The van der Waals surface area contributed by atoms with E-state index in [0.717, 1.165) is 19.3 Å². The lowest BCUT2D eigenvalue weighted by Crippen LogP contribution is -2.27. The Kier molecular flexibility index (Phi) is 8.28. The molecule has 1 aliphatic rings. The van der Waals surface area contributed by atoms with Crippen molar-refractivity contribution >= 4 is 15.9 Å². The van der Waals surface area contributed by atoms with Crippen LogP contribution in [0, 0.1) is 0 Å². The Morgan fingerprint density at radius 2 is 2.04 bits per heavy atom. The van der Waals surface area contributed by atoms with Gasteiger partial charge >= 0.3 is 0 Å². The average Bonchev–Trinajstić information content (AvgIpc) is 2.67. The molecule has 1 fully saturated rings. The van der Waals surface area contributed by atoms with Gasteiger partial charge in [-0.1, -0.05) is 31.4 Å². The second-order valence-electron chi connectivity index (χ2n) is 6.41. The van der Waals surface area contributed by atoms with Crippen molar-refractivity contribution in [2.24, 2.45) is 0 Å². The Morgan fingerprint density at radius 1 is 1.27 bits per heavy atom. The third-order valence-electron chi connectivity index (χ3n) is 4.34. The molecule has 0 unspecified atom stereocenters. The van der Waals surface area contributed by atoms with Gasteiger partial charge in [0.25, 0.3) is 5.91 Å². The molecule has 1 aromatic rings. The van der Waals surface area contributed by atoms with Crippen LogP contribution in [0.1, 0.15) is 48.9 Å². The summed E-state index contributed by atoms with van der Waals surface area (Å²) in [5.74, 6) is -0.288. The summed E-state index contributed by atoms with van der Waals surface area (Å²) in [5.41, 5.74) is 0.319. The molecule has 0 bridgehead atoms. The molecule has 0 heterocycles. The second-order valence-corrected chi connectivity index (χ2v) is 8.18. The van der Waals surface area contributed by atoms with Crippen molar-refractivity contribution in [1.82, 2.24) is 10.0 Å². The van der Waals surface area contributed by atoms with Gasteiger partial charge < -0.3 is 10.1 Å². The minimum Gasteiger partial charge on any atom is -0.378 e. The first kappa shape index (κ1) is 20.6. The lowest BCUT2D eigenvalue weighted by Gasteiger charge is -2.21. The molecule has 0 spiro atoms. The second kappa shape index (κ2) is 10.4. The first-order valence-electron chi connectivity index (χ1n) is 9.13. The number of benzene rings is 1. The third-order valence-corrected chi connectivity index (χ3v) is 5.76. The van der Waals surface area contributed by atoms with Crippen LogP contribution in [-0.4, -0.2) is 40.1 Å². The number of nitrogens with one attached hydrogen (secondary N) is 2. The van der Waals surface area contributed by atoms with E-state index in [9.17, 15) is 13.2 Å². The largest absolute Gasteiger partial charge is 0.378 e. The number of hydrogen-bond acceptors (Lipinski definition) is 4. The summed E-state index contributed by atoms with van der Waals surface area (Å²) < 4.78 is 32.4. The van der Waals surface area contributed by atoms with Crippen LogP contribution < -0.4 is 10.0 Å². The topological polar surface area (TPSA) is 84.5 Å². The third kappa shape index (κ3) is 6.55. The SMILES string of the molecule is C=CCNS(=O)(=O)c1cccc(C(=O)NCCCOC2CCCCC2)c1. The van der Waals surface area contributed by atoms with Gasteiger partial charge in [-0.05, 0) is 37.5 Å². The van der Waals surface area contributed by atoms with Crippen LogP contribution in [0.25, 0.3) is 0 Å². The number of rotatable bonds is 10. The molecule has 144 valence electrons. The molecule has 0 saturated heterocycles. The maximum Gasteiger partial charge on any atom is 0.251 e. The molecule has 7 heteroatoms. The number of ether oxygens (including phenoxy) is 1.